The molecule has 4 aromatic rings. The Hall–Kier alpha value is -3.80. The fourth-order valence-corrected chi connectivity index (χ4v) is 3.41. The Kier molecular flexibility index (Phi) is 4.91. The van der Waals surface area contributed by atoms with Gasteiger partial charge in [-0.15, -0.1) is 13.2 Å². The van der Waals surface area contributed by atoms with Crippen LogP contribution in [0.1, 0.15) is 18.3 Å². The van der Waals surface area contributed by atoms with E-state index in [-0.39, 0.29) is 5.75 Å². The maximum Gasteiger partial charge on any atom is 0.573 e. The first-order valence-electron chi connectivity index (χ1n) is 9.14. The average molecular weight is 411 g/mol. The summed E-state index contributed by atoms with van der Waals surface area (Å²) in [6.45, 7) is 2.90. The summed E-state index contributed by atoms with van der Waals surface area (Å²) in [5.74, 6) is 1.04. The first kappa shape index (κ1) is 19.5. The smallest absolute Gasteiger partial charge is 0.406 e. The Morgan fingerprint density at radius 3 is 2.73 bits per heavy atom. The number of hydrogen-bond acceptors (Lipinski definition) is 4. The Labute approximate surface area is 169 Å². The van der Waals surface area contributed by atoms with Crippen LogP contribution in [-0.2, 0) is 13.1 Å². The number of aryl methyl sites for hydroxylation is 1. The fraction of sp³-hybridized carbons (Fsp3) is 0.190. The molecule has 6 nitrogen and oxygen atoms in total. The summed E-state index contributed by atoms with van der Waals surface area (Å²) >= 11 is 0. The van der Waals surface area contributed by atoms with Crippen LogP contribution in [-0.4, -0.2) is 25.5 Å². The summed E-state index contributed by atoms with van der Waals surface area (Å²) in [6.07, 6.45) is -1.30. The predicted octanol–water partition coefficient (Wildman–Crippen LogP) is 4.74. The topological polar surface area (TPSA) is 68.7 Å². The summed E-state index contributed by atoms with van der Waals surface area (Å²) in [6, 6.07) is 13.4. The minimum absolute atomic E-state index is 0.307. The molecule has 0 aliphatic rings. The van der Waals surface area contributed by atoms with Crippen LogP contribution in [0, 0.1) is 11.3 Å². The van der Waals surface area contributed by atoms with Gasteiger partial charge in [0.05, 0.1) is 29.2 Å². The summed E-state index contributed by atoms with van der Waals surface area (Å²) in [4.78, 5) is 8.93. The van der Waals surface area contributed by atoms with Gasteiger partial charge < -0.3 is 13.9 Å². The minimum Gasteiger partial charge on any atom is -0.406 e. The van der Waals surface area contributed by atoms with E-state index in [0.29, 0.717) is 35.8 Å². The maximum atomic E-state index is 12.5. The van der Waals surface area contributed by atoms with Crippen molar-refractivity contribution in [3.05, 3.63) is 66.2 Å². The number of benzene rings is 2. The summed E-state index contributed by atoms with van der Waals surface area (Å²) < 4.78 is 45.4. The largest absolute Gasteiger partial charge is 0.573 e. The molecule has 2 aromatic carbocycles. The van der Waals surface area contributed by atoms with Gasteiger partial charge in [0.2, 0.25) is 0 Å². The molecule has 152 valence electrons. The van der Waals surface area contributed by atoms with Gasteiger partial charge >= 0.3 is 6.36 Å². The Morgan fingerprint density at radius 2 is 2.00 bits per heavy atom. The zero-order chi connectivity index (χ0) is 21.3. The van der Waals surface area contributed by atoms with Gasteiger partial charge in [0.25, 0.3) is 0 Å². The lowest BCUT2D eigenvalue weighted by molar-refractivity contribution is -0.274. The highest BCUT2D eigenvalue weighted by molar-refractivity contribution is 5.78. The number of nitrogens with zero attached hydrogens (tertiary/aromatic N) is 5. The molecule has 9 heteroatoms. The first-order chi connectivity index (χ1) is 14.4. The number of halogens is 3. The molecule has 0 amide bonds. The third-order valence-corrected chi connectivity index (χ3v) is 4.63. The summed E-state index contributed by atoms with van der Waals surface area (Å²) in [5.41, 5.74) is 2.45. The molecule has 30 heavy (non-hydrogen) atoms. The van der Waals surface area contributed by atoms with Crippen molar-refractivity contribution in [3.63, 3.8) is 0 Å². The number of aromatic nitrogens is 4. The van der Waals surface area contributed by atoms with E-state index in [2.05, 4.69) is 20.8 Å². The second-order valence-electron chi connectivity index (χ2n) is 6.54. The number of ether oxygens (including phenoxy) is 1. The third kappa shape index (κ3) is 3.85. The SMILES string of the molecule is CCn1c(Cn2ccnc2-c2cccc(C#N)c2)nc2cc(OC(F)(F)F)ccc21. The van der Waals surface area contributed by atoms with Crippen molar-refractivity contribution in [1.29, 1.82) is 5.26 Å². The van der Waals surface area contributed by atoms with Crippen molar-refractivity contribution in [2.75, 3.05) is 0 Å². The standard InChI is InChI=1S/C21H16F3N5O/c1-2-29-18-7-6-16(30-21(22,23)24)11-17(18)27-19(29)13-28-9-8-26-20(28)15-5-3-4-14(10-15)12-25/h3-11H,2,13H2,1H3. The molecule has 0 atom stereocenters. The lowest BCUT2D eigenvalue weighted by Crippen LogP contribution is -2.17. The van der Waals surface area contributed by atoms with Gasteiger partial charge in [-0.3, -0.25) is 0 Å². The van der Waals surface area contributed by atoms with Crippen molar-refractivity contribution in [3.8, 4) is 23.2 Å². The first-order valence-corrected chi connectivity index (χ1v) is 9.14. The molecule has 0 bridgehead atoms. The van der Waals surface area contributed by atoms with E-state index < -0.39 is 6.36 Å². The molecule has 2 heterocycles. The van der Waals surface area contributed by atoms with Gasteiger partial charge in [0.15, 0.2) is 0 Å². The molecule has 0 saturated carbocycles. The number of alkyl halides is 3. The highest BCUT2D eigenvalue weighted by Crippen LogP contribution is 2.28. The molecular formula is C21H16F3N5O. The van der Waals surface area contributed by atoms with E-state index in [4.69, 9.17) is 5.26 Å². The summed E-state index contributed by atoms with van der Waals surface area (Å²) in [7, 11) is 0. The molecular weight excluding hydrogens is 395 g/mol. The van der Waals surface area contributed by atoms with Gasteiger partial charge in [-0.25, -0.2) is 9.97 Å². The minimum atomic E-state index is -4.76. The second kappa shape index (κ2) is 7.55. The van der Waals surface area contributed by atoms with Crippen LogP contribution in [0.4, 0.5) is 13.2 Å². The third-order valence-electron chi connectivity index (χ3n) is 4.63. The van der Waals surface area contributed by atoms with Crippen LogP contribution in [0.2, 0.25) is 0 Å². The number of imidazole rings is 2. The molecule has 0 radical (unpaired) electrons. The normalized spacial score (nSPS) is 11.6. The molecule has 0 saturated heterocycles. The van der Waals surface area contributed by atoms with E-state index in [1.165, 1.54) is 12.1 Å². The molecule has 0 aliphatic carbocycles. The molecule has 0 spiro atoms. The number of rotatable bonds is 5. The second-order valence-corrected chi connectivity index (χ2v) is 6.54. The zero-order valence-electron chi connectivity index (χ0n) is 15.9. The Balaban J connectivity index is 1.71. The lowest BCUT2D eigenvalue weighted by Gasteiger charge is -2.10. The molecule has 0 unspecified atom stereocenters. The Morgan fingerprint density at radius 1 is 1.17 bits per heavy atom. The predicted molar refractivity (Wildman–Crippen MR) is 104 cm³/mol. The fourth-order valence-electron chi connectivity index (χ4n) is 3.41. The van der Waals surface area contributed by atoms with Crippen molar-refractivity contribution in [2.24, 2.45) is 0 Å². The van der Waals surface area contributed by atoms with Crippen LogP contribution in [0.15, 0.2) is 54.9 Å². The van der Waals surface area contributed by atoms with E-state index in [9.17, 15) is 13.2 Å². The molecule has 4 rings (SSSR count). The van der Waals surface area contributed by atoms with Gasteiger partial charge in [0.1, 0.15) is 17.4 Å². The van der Waals surface area contributed by atoms with Crippen LogP contribution in [0.25, 0.3) is 22.4 Å². The monoisotopic (exact) mass is 411 g/mol. The van der Waals surface area contributed by atoms with E-state index >= 15 is 0 Å². The number of hydrogen-bond donors (Lipinski definition) is 0. The molecule has 0 aliphatic heterocycles. The van der Waals surface area contributed by atoms with Gasteiger partial charge in [-0.05, 0) is 31.2 Å². The molecule has 2 aromatic heterocycles. The average Bonchev–Trinajstić information content (AvgIpc) is 3.30. The van der Waals surface area contributed by atoms with Gasteiger partial charge in [-0.1, -0.05) is 12.1 Å². The van der Waals surface area contributed by atoms with Gasteiger partial charge in [0, 0.05) is 30.6 Å². The van der Waals surface area contributed by atoms with Crippen LogP contribution in [0.5, 0.6) is 5.75 Å². The van der Waals surface area contributed by atoms with Crippen molar-refractivity contribution in [2.45, 2.75) is 26.4 Å². The van der Waals surface area contributed by atoms with Gasteiger partial charge in [-0.2, -0.15) is 5.26 Å². The maximum absolute atomic E-state index is 12.5. The number of fused-ring (bicyclic) bond motifs is 1. The molecule has 0 N–H and O–H groups in total. The highest BCUT2D eigenvalue weighted by atomic mass is 19.4. The van der Waals surface area contributed by atoms with E-state index in [1.54, 1.807) is 36.7 Å². The van der Waals surface area contributed by atoms with Crippen molar-refractivity contribution >= 4 is 11.0 Å². The lowest BCUT2D eigenvalue weighted by atomic mass is 10.1. The van der Waals surface area contributed by atoms with Crippen LogP contribution in [0.3, 0.4) is 0 Å². The molecule has 0 fully saturated rings. The summed E-state index contributed by atoms with van der Waals surface area (Å²) in [5, 5.41) is 9.13. The van der Waals surface area contributed by atoms with E-state index in [0.717, 1.165) is 11.1 Å². The van der Waals surface area contributed by atoms with Crippen molar-refractivity contribution < 1.29 is 17.9 Å². The quantitative estimate of drug-likeness (QED) is 0.476. The Bertz CT molecular complexity index is 1250. The van der Waals surface area contributed by atoms with Crippen LogP contribution >= 0.6 is 0 Å². The highest BCUT2D eigenvalue weighted by Gasteiger charge is 2.31. The van der Waals surface area contributed by atoms with Crippen molar-refractivity contribution in [1.82, 2.24) is 19.1 Å². The van der Waals surface area contributed by atoms with E-state index in [1.807, 2.05) is 22.1 Å². The zero-order valence-corrected chi connectivity index (χ0v) is 15.9. The number of nitriles is 1. The van der Waals surface area contributed by atoms with Crippen LogP contribution < -0.4 is 4.74 Å².